The van der Waals surface area contributed by atoms with Crippen LogP contribution in [-0.4, -0.2) is 39.4 Å². The van der Waals surface area contributed by atoms with Crippen molar-refractivity contribution in [1.29, 1.82) is 0 Å². The number of ether oxygens (including phenoxy) is 1. The summed E-state index contributed by atoms with van der Waals surface area (Å²) in [4.78, 5) is 15.6. The highest BCUT2D eigenvalue weighted by atomic mass is 16.5. The van der Waals surface area contributed by atoms with Crippen LogP contribution in [0.25, 0.3) is 23.0 Å². The standard InChI is InChI=1S/C25H24N4O3/c1-17-13-23(27-29(17)15-18-3-2-4-19(14-18)16-30)25-26-24(28-32-25)22-7-5-20(6-8-22)21-9-11-31-12-10-21/h2-8,13-14,16,21H,9-12,15H2,1H3. The van der Waals surface area contributed by atoms with E-state index < -0.39 is 0 Å². The molecular formula is C25H24N4O3. The van der Waals surface area contributed by atoms with Gasteiger partial charge in [0.25, 0.3) is 5.89 Å². The Kier molecular flexibility index (Phi) is 5.64. The lowest BCUT2D eigenvalue weighted by atomic mass is 9.91. The molecule has 0 radical (unpaired) electrons. The number of aromatic nitrogens is 4. The zero-order chi connectivity index (χ0) is 21.9. The lowest BCUT2D eigenvalue weighted by Crippen LogP contribution is -2.13. The summed E-state index contributed by atoms with van der Waals surface area (Å²) in [5.74, 6) is 1.49. The van der Waals surface area contributed by atoms with Crippen LogP contribution in [0.3, 0.4) is 0 Å². The van der Waals surface area contributed by atoms with Gasteiger partial charge in [-0.15, -0.1) is 0 Å². The van der Waals surface area contributed by atoms with Gasteiger partial charge in [0.15, 0.2) is 5.69 Å². The van der Waals surface area contributed by atoms with Crippen molar-refractivity contribution in [2.45, 2.75) is 32.2 Å². The molecule has 1 fully saturated rings. The Morgan fingerprint density at radius 2 is 1.91 bits per heavy atom. The van der Waals surface area contributed by atoms with Crippen LogP contribution in [0.15, 0.2) is 59.1 Å². The summed E-state index contributed by atoms with van der Waals surface area (Å²) in [7, 11) is 0. The van der Waals surface area contributed by atoms with Gasteiger partial charge in [-0.1, -0.05) is 47.6 Å². The molecule has 0 saturated carbocycles. The summed E-state index contributed by atoms with van der Waals surface area (Å²) in [6.45, 7) is 4.19. The second-order valence-electron chi connectivity index (χ2n) is 8.12. The van der Waals surface area contributed by atoms with E-state index in [1.54, 1.807) is 6.07 Å². The molecule has 0 spiro atoms. The predicted octanol–water partition coefficient (Wildman–Crippen LogP) is 4.66. The molecular weight excluding hydrogens is 404 g/mol. The fraction of sp³-hybridized carbons (Fsp3) is 0.280. The number of hydrogen-bond donors (Lipinski definition) is 0. The molecule has 162 valence electrons. The van der Waals surface area contributed by atoms with Crippen molar-refractivity contribution >= 4 is 6.29 Å². The monoisotopic (exact) mass is 428 g/mol. The highest BCUT2D eigenvalue weighted by Crippen LogP contribution is 2.29. The van der Waals surface area contributed by atoms with Gasteiger partial charge < -0.3 is 9.26 Å². The zero-order valence-electron chi connectivity index (χ0n) is 17.9. The Labute approximate surface area is 186 Å². The second-order valence-corrected chi connectivity index (χ2v) is 8.12. The largest absolute Gasteiger partial charge is 0.381 e. The average molecular weight is 428 g/mol. The highest BCUT2D eigenvalue weighted by molar-refractivity contribution is 5.74. The fourth-order valence-corrected chi connectivity index (χ4v) is 4.09. The van der Waals surface area contributed by atoms with Gasteiger partial charge in [0.1, 0.15) is 6.29 Å². The van der Waals surface area contributed by atoms with Crippen LogP contribution in [0.4, 0.5) is 0 Å². The van der Waals surface area contributed by atoms with E-state index in [2.05, 4.69) is 27.4 Å². The Morgan fingerprint density at radius 3 is 2.69 bits per heavy atom. The van der Waals surface area contributed by atoms with Gasteiger partial charge >= 0.3 is 0 Å². The summed E-state index contributed by atoms with van der Waals surface area (Å²) in [6, 6.07) is 17.8. The minimum Gasteiger partial charge on any atom is -0.381 e. The normalized spacial score (nSPS) is 14.5. The Balaban J connectivity index is 1.33. The number of carbonyl (C=O) groups is 1. The molecule has 2 aromatic heterocycles. The average Bonchev–Trinajstić information content (AvgIpc) is 3.47. The number of aryl methyl sites for hydroxylation is 1. The van der Waals surface area contributed by atoms with Gasteiger partial charge in [-0.05, 0) is 48.9 Å². The molecule has 7 heteroatoms. The molecule has 0 N–H and O–H groups in total. The Hall–Kier alpha value is -3.58. The van der Waals surface area contributed by atoms with E-state index in [1.807, 2.05) is 48.0 Å². The summed E-state index contributed by atoms with van der Waals surface area (Å²) < 4.78 is 12.8. The van der Waals surface area contributed by atoms with Crippen LogP contribution in [0.1, 0.15) is 45.9 Å². The van der Waals surface area contributed by atoms with Gasteiger partial charge in [-0.2, -0.15) is 10.1 Å². The molecule has 3 heterocycles. The molecule has 4 aromatic rings. The van der Waals surface area contributed by atoms with Crippen LogP contribution >= 0.6 is 0 Å². The van der Waals surface area contributed by atoms with Crippen molar-refractivity contribution < 1.29 is 14.1 Å². The molecule has 0 atom stereocenters. The van der Waals surface area contributed by atoms with Gasteiger partial charge in [0.2, 0.25) is 5.82 Å². The second kappa shape index (κ2) is 8.88. The molecule has 1 aliphatic rings. The molecule has 0 unspecified atom stereocenters. The van der Waals surface area contributed by atoms with E-state index >= 15 is 0 Å². The summed E-state index contributed by atoms with van der Waals surface area (Å²) in [5, 5.41) is 8.79. The summed E-state index contributed by atoms with van der Waals surface area (Å²) in [5.41, 5.74) is 5.50. The fourth-order valence-electron chi connectivity index (χ4n) is 4.09. The Morgan fingerprint density at radius 1 is 1.09 bits per heavy atom. The third kappa shape index (κ3) is 4.24. The van der Waals surface area contributed by atoms with E-state index in [1.165, 1.54) is 5.56 Å². The quantitative estimate of drug-likeness (QED) is 0.415. The van der Waals surface area contributed by atoms with E-state index in [0.29, 0.717) is 35.4 Å². The lowest BCUT2D eigenvalue weighted by Gasteiger charge is -2.22. The van der Waals surface area contributed by atoms with Crippen LogP contribution in [0.5, 0.6) is 0 Å². The number of hydrogen-bond acceptors (Lipinski definition) is 6. The third-order valence-corrected chi connectivity index (χ3v) is 5.91. The van der Waals surface area contributed by atoms with Crippen molar-refractivity contribution in [3.05, 3.63) is 77.0 Å². The number of aldehydes is 1. The zero-order valence-corrected chi connectivity index (χ0v) is 17.9. The molecule has 0 amide bonds. The van der Waals surface area contributed by atoms with Gasteiger partial charge in [0.05, 0.1) is 6.54 Å². The maximum absolute atomic E-state index is 11.0. The minimum atomic E-state index is 0.386. The minimum absolute atomic E-state index is 0.386. The van der Waals surface area contributed by atoms with Crippen LogP contribution in [0.2, 0.25) is 0 Å². The molecule has 1 saturated heterocycles. The van der Waals surface area contributed by atoms with Crippen molar-refractivity contribution in [2.24, 2.45) is 0 Å². The first-order chi connectivity index (χ1) is 15.7. The first-order valence-electron chi connectivity index (χ1n) is 10.8. The van der Waals surface area contributed by atoms with Crippen molar-refractivity contribution in [3.63, 3.8) is 0 Å². The topological polar surface area (TPSA) is 83.0 Å². The maximum Gasteiger partial charge on any atom is 0.278 e. The molecule has 5 rings (SSSR count). The van der Waals surface area contributed by atoms with E-state index in [0.717, 1.165) is 49.2 Å². The van der Waals surface area contributed by atoms with Crippen molar-refractivity contribution in [1.82, 2.24) is 19.9 Å². The predicted molar refractivity (Wildman–Crippen MR) is 119 cm³/mol. The molecule has 7 nitrogen and oxygen atoms in total. The molecule has 2 aromatic carbocycles. The number of nitrogens with zero attached hydrogens (tertiary/aromatic N) is 4. The van der Waals surface area contributed by atoms with E-state index in [9.17, 15) is 4.79 Å². The lowest BCUT2D eigenvalue weighted by molar-refractivity contribution is 0.0853. The maximum atomic E-state index is 11.0. The van der Waals surface area contributed by atoms with Crippen molar-refractivity contribution in [2.75, 3.05) is 13.2 Å². The van der Waals surface area contributed by atoms with Gasteiger partial charge in [-0.3, -0.25) is 9.48 Å². The molecule has 1 aliphatic heterocycles. The molecule has 0 bridgehead atoms. The van der Waals surface area contributed by atoms with Crippen LogP contribution in [0, 0.1) is 6.92 Å². The third-order valence-electron chi connectivity index (χ3n) is 5.91. The summed E-state index contributed by atoms with van der Waals surface area (Å²) in [6.07, 6.45) is 2.97. The van der Waals surface area contributed by atoms with Crippen molar-refractivity contribution in [3.8, 4) is 23.0 Å². The number of carbonyl (C=O) groups excluding carboxylic acids is 1. The highest BCUT2D eigenvalue weighted by Gasteiger charge is 2.18. The molecule has 0 aliphatic carbocycles. The number of benzene rings is 2. The first-order valence-corrected chi connectivity index (χ1v) is 10.8. The molecule has 32 heavy (non-hydrogen) atoms. The van der Waals surface area contributed by atoms with Gasteiger partial charge in [-0.25, -0.2) is 0 Å². The number of rotatable bonds is 6. The smallest absolute Gasteiger partial charge is 0.278 e. The van der Waals surface area contributed by atoms with E-state index in [-0.39, 0.29) is 0 Å². The van der Waals surface area contributed by atoms with Crippen LogP contribution < -0.4 is 0 Å². The van der Waals surface area contributed by atoms with Gasteiger partial charge in [0, 0.05) is 30.0 Å². The van der Waals surface area contributed by atoms with E-state index in [4.69, 9.17) is 9.26 Å². The Bertz CT molecular complexity index is 1220. The summed E-state index contributed by atoms with van der Waals surface area (Å²) >= 11 is 0. The SMILES string of the molecule is Cc1cc(-c2nc(-c3ccc(C4CCOCC4)cc3)no2)nn1Cc1cccc(C=O)c1. The first kappa shape index (κ1) is 20.3. The van der Waals surface area contributed by atoms with Crippen LogP contribution in [-0.2, 0) is 11.3 Å².